The van der Waals surface area contributed by atoms with E-state index in [4.69, 9.17) is 15.6 Å². The summed E-state index contributed by atoms with van der Waals surface area (Å²) in [5, 5.41) is 9.12. The van der Waals surface area contributed by atoms with E-state index < -0.39 is 11.5 Å². The van der Waals surface area contributed by atoms with Gasteiger partial charge >= 0.3 is 5.97 Å². The van der Waals surface area contributed by atoms with Crippen LogP contribution in [0.25, 0.3) is 0 Å². The summed E-state index contributed by atoms with van der Waals surface area (Å²) in [4.78, 5) is 11.1. The lowest BCUT2D eigenvalue weighted by Gasteiger charge is -2.54. The minimum atomic E-state index is -1.04. The zero-order valence-electron chi connectivity index (χ0n) is 7.58. The van der Waals surface area contributed by atoms with Crippen LogP contribution in [0.5, 0.6) is 0 Å². The highest BCUT2D eigenvalue weighted by molar-refractivity contribution is 5.80. The smallest absolute Gasteiger partial charge is 0.324 e. The van der Waals surface area contributed by atoms with E-state index in [1.807, 2.05) is 0 Å². The first-order chi connectivity index (χ1) is 6.11. The van der Waals surface area contributed by atoms with E-state index in [-0.39, 0.29) is 5.41 Å². The van der Waals surface area contributed by atoms with Gasteiger partial charge in [0.2, 0.25) is 0 Å². The number of carboxylic acids is 1. The van der Waals surface area contributed by atoms with E-state index in [0.29, 0.717) is 19.6 Å². The van der Waals surface area contributed by atoms with Crippen LogP contribution in [-0.2, 0) is 9.53 Å². The second kappa shape index (κ2) is 2.69. The zero-order valence-corrected chi connectivity index (χ0v) is 7.58. The first-order valence-electron chi connectivity index (χ1n) is 4.71. The van der Waals surface area contributed by atoms with Crippen LogP contribution in [0, 0.1) is 5.41 Å². The van der Waals surface area contributed by atoms with Crippen LogP contribution in [0.15, 0.2) is 0 Å². The predicted molar refractivity (Wildman–Crippen MR) is 46.3 cm³/mol. The molecule has 0 aromatic carbocycles. The van der Waals surface area contributed by atoms with E-state index in [9.17, 15) is 4.79 Å². The largest absolute Gasteiger partial charge is 0.480 e. The predicted octanol–water partition coefficient (Wildman–Crippen LogP) is 0.359. The van der Waals surface area contributed by atoms with Gasteiger partial charge in [-0.1, -0.05) is 6.42 Å². The lowest BCUT2D eigenvalue weighted by molar-refractivity contribution is -0.169. The molecule has 3 N–H and O–H groups in total. The monoisotopic (exact) mass is 185 g/mol. The van der Waals surface area contributed by atoms with Gasteiger partial charge in [0.1, 0.15) is 5.54 Å². The van der Waals surface area contributed by atoms with Crippen LogP contribution in [0.2, 0.25) is 0 Å². The standard InChI is InChI=1S/C9H15NO3/c10-9(7(11)12)4-5-13-6-8(9)2-1-3-8/h1-6,10H2,(H,11,12). The van der Waals surface area contributed by atoms with Crippen molar-refractivity contribution in [3.05, 3.63) is 0 Å². The fourth-order valence-corrected chi connectivity index (χ4v) is 2.42. The molecular weight excluding hydrogens is 170 g/mol. The molecule has 74 valence electrons. The molecule has 0 bridgehead atoms. The maximum Gasteiger partial charge on any atom is 0.324 e. The minimum Gasteiger partial charge on any atom is -0.480 e. The summed E-state index contributed by atoms with van der Waals surface area (Å²) in [5.74, 6) is -0.865. The molecule has 1 unspecified atom stereocenters. The number of carboxylic acid groups (broad SMARTS) is 1. The van der Waals surface area contributed by atoms with Gasteiger partial charge in [-0.3, -0.25) is 4.79 Å². The average Bonchev–Trinajstić information content (AvgIpc) is 2.02. The normalized spacial score (nSPS) is 37.0. The van der Waals surface area contributed by atoms with E-state index in [1.54, 1.807) is 0 Å². The summed E-state index contributed by atoms with van der Waals surface area (Å²) in [6.07, 6.45) is 3.32. The minimum absolute atomic E-state index is 0.267. The van der Waals surface area contributed by atoms with Crippen molar-refractivity contribution < 1.29 is 14.6 Å². The third-order valence-electron chi connectivity index (χ3n) is 3.66. The van der Waals surface area contributed by atoms with Gasteiger partial charge in [0.05, 0.1) is 6.61 Å². The molecule has 0 aromatic heterocycles. The number of nitrogens with two attached hydrogens (primary N) is 1. The van der Waals surface area contributed by atoms with Gasteiger partial charge in [-0.2, -0.15) is 0 Å². The molecule has 13 heavy (non-hydrogen) atoms. The molecule has 0 amide bonds. The van der Waals surface area contributed by atoms with Crippen LogP contribution in [0.3, 0.4) is 0 Å². The van der Waals surface area contributed by atoms with Crippen molar-refractivity contribution in [1.82, 2.24) is 0 Å². The first kappa shape index (κ1) is 8.97. The lowest BCUT2D eigenvalue weighted by Crippen LogP contribution is -2.68. The van der Waals surface area contributed by atoms with Crippen molar-refractivity contribution in [2.24, 2.45) is 11.1 Å². The van der Waals surface area contributed by atoms with Gasteiger partial charge in [0.15, 0.2) is 0 Å². The molecule has 2 rings (SSSR count). The Balaban J connectivity index is 2.27. The summed E-state index contributed by atoms with van der Waals surface area (Å²) >= 11 is 0. The van der Waals surface area contributed by atoms with Gasteiger partial charge in [-0.25, -0.2) is 0 Å². The molecule has 0 radical (unpaired) electrons. The Bertz CT molecular complexity index is 237. The first-order valence-corrected chi connectivity index (χ1v) is 4.71. The van der Waals surface area contributed by atoms with Gasteiger partial charge in [0, 0.05) is 18.4 Å². The Kier molecular flexibility index (Phi) is 1.85. The molecule has 4 nitrogen and oxygen atoms in total. The van der Waals surface area contributed by atoms with Crippen LogP contribution in [0.4, 0.5) is 0 Å². The molecule has 1 heterocycles. The highest BCUT2D eigenvalue weighted by atomic mass is 16.5. The zero-order chi connectivity index (χ0) is 9.53. The Morgan fingerprint density at radius 3 is 2.46 bits per heavy atom. The van der Waals surface area contributed by atoms with Crippen LogP contribution in [0.1, 0.15) is 25.7 Å². The SMILES string of the molecule is NC1(C(=O)O)CCOCC12CCC2. The van der Waals surface area contributed by atoms with E-state index in [0.717, 1.165) is 19.3 Å². The molecule has 1 aliphatic carbocycles. The number of carbonyl (C=O) groups is 1. The molecule has 1 spiro atoms. The van der Waals surface area contributed by atoms with Crippen molar-refractivity contribution >= 4 is 5.97 Å². The molecule has 4 heteroatoms. The maximum absolute atomic E-state index is 11.1. The molecule has 1 atom stereocenters. The van der Waals surface area contributed by atoms with Gasteiger partial charge in [0.25, 0.3) is 0 Å². The third-order valence-corrected chi connectivity index (χ3v) is 3.66. The lowest BCUT2D eigenvalue weighted by atomic mass is 9.56. The summed E-state index contributed by atoms with van der Waals surface area (Å²) in [6.45, 7) is 1.00. The van der Waals surface area contributed by atoms with Crippen molar-refractivity contribution in [3.63, 3.8) is 0 Å². The van der Waals surface area contributed by atoms with Gasteiger partial charge < -0.3 is 15.6 Å². The Hall–Kier alpha value is -0.610. The fourth-order valence-electron chi connectivity index (χ4n) is 2.42. The summed E-state index contributed by atoms with van der Waals surface area (Å²) in [7, 11) is 0. The van der Waals surface area contributed by atoms with E-state index in [1.165, 1.54) is 0 Å². The number of hydrogen-bond acceptors (Lipinski definition) is 3. The second-order valence-corrected chi connectivity index (χ2v) is 4.21. The van der Waals surface area contributed by atoms with Crippen molar-refractivity contribution in [2.75, 3.05) is 13.2 Å². The van der Waals surface area contributed by atoms with Crippen LogP contribution in [-0.4, -0.2) is 29.8 Å². The third kappa shape index (κ3) is 1.02. The quantitative estimate of drug-likeness (QED) is 0.618. The Labute approximate surface area is 77.1 Å². The molecule has 2 aliphatic rings. The highest BCUT2D eigenvalue weighted by Crippen LogP contribution is 2.51. The van der Waals surface area contributed by atoms with Crippen molar-refractivity contribution in [1.29, 1.82) is 0 Å². The summed E-state index contributed by atoms with van der Waals surface area (Å²) in [5.41, 5.74) is 4.66. The number of aliphatic carboxylic acids is 1. The Morgan fingerprint density at radius 1 is 1.38 bits per heavy atom. The number of ether oxygens (including phenoxy) is 1. The van der Waals surface area contributed by atoms with Gasteiger partial charge in [-0.05, 0) is 12.8 Å². The average molecular weight is 185 g/mol. The van der Waals surface area contributed by atoms with E-state index >= 15 is 0 Å². The number of hydrogen-bond donors (Lipinski definition) is 2. The highest BCUT2D eigenvalue weighted by Gasteiger charge is 2.58. The molecule has 1 saturated carbocycles. The molecule has 1 saturated heterocycles. The molecule has 0 aromatic rings. The van der Waals surface area contributed by atoms with E-state index in [2.05, 4.69) is 0 Å². The topological polar surface area (TPSA) is 72.6 Å². The maximum atomic E-state index is 11.1. The van der Waals surface area contributed by atoms with Crippen LogP contribution < -0.4 is 5.73 Å². The summed E-state index contributed by atoms with van der Waals surface area (Å²) in [6, 6.07) is 0. The number of rotatable bonds is 1. The van der Waals surface area contributed by atoms with Crippen molar-refractivity contribution in [3.8, 4) is 0 Å². The van der Waals surface area contributed by atoms with Crippen LogP contribution >= 0.6 is 0 Å². The molecular formula is C9H15NO3. The summed E-state index contributed by atoms with van der Waals surface area (Å²) < 4.78 is 5.33. The van der Waals surface area contributed by atoms with Crippen molar-refractivity contribution in [2.45, 2.75) is 31.2 Å². The Morgan fingerprint density at radius 2 is 2.08 bits per heavy atom. The second-order valence-electron chi connectivity index (χ2n) is 4.21. The molecule has 1 aliphatic heterocycles. The molecule has 2 fully saturated rings. The fraction of sp³-hybridized carbons (Fsp3) is 0.889. The van der Waals surface area contributed by atoms with Gasteiger partial charge in [-0.15, -0.1) is 0 Å².